The molecule has 2 fully saturated rings. The van der Waals surface area contributed by atoms with Crippen molar-refractivity contribution in [1.82, 2.24) is 19.9 Å². The summed E-state index contributed by atoms with van der Waals surface area (Å²) in [6.07, 6.45) is 5.08. The van der Waals surface area contributed by atoms with Crippen LogP contribution < -0.4 is 0 Å². The number of rotatable bonds is 5. The van der Waals surface area contributed by atoms with Crippen LogP contribution in [0.15, 0.2) is 4.52 Å². The van der Waals surface area contributed by atoms with E-state index in [2.05, 4.69) is 40.7 Å². The Kier molecular flexibility index (Phi) is 4.71. The van der Waals surface area contributed by atoms with Crippen molar-refractivity contribution in [3.63, 3.8) is 0 Å². The van der Waals surface area contributed by atoms with Gasteiger partial charge in [-0.1, -0.05) is 25.9 Å². The molecular weight excluding hydrogens is 292 g/mol. The topological polar surface area (TPSA) is 62.5 Å². The van der Waals surface area contributed by atoms with Gasteiger partial charge in [0.25, 0.3) is 0 Å². The number of nitrogens with zero attached hydrogens (tertiary/aromatic N) is 4. The van der Waals surface area contributed by atoms with Crippen molar-refractivity contribution in [2.45, 2.75) is 70.9 Å². The summed E-state index contributed by atoms with van der Waals surface area (Å²) >= 11 is 0. The maximum Gasteiger partial charge on any atom is 0.243 e. The molecule has 6 heteroatoms. The molecule has 0 N–H and O–H groups in total. The zero-order valence-electron chi connectivity index (χ0n) is 14.5. The molecule has 0 aliphatic carbocycles. The van der Waals surface area contributed by atoms with E-state index in [0.29, 0.717) is 18.3 Å². The Morgan fingerprint density at radius 2 is 2.00 bits per heavy atom. The van der Waals surface area contributed by atoms with Crippen LogP contribution >= 0.6 is 0 Å². The van der Waals surface area contributed by atoms with E-state index in [9.17, 15) is 4.79 Å². The van der Waals surface area contributed by atoms with Gasteiger partial charge in [0, 0.05) is 19.0 Å². The molecule has 2 aliphatic rings. The SMILES string of the molecule is CCCN1CCCC2(CCCN2Cc2nc(C(C)C)no2)C1=O. The van der Waals surface area contributed by atoms with Crippen molar-refractivity contribution in [2.75, 3.05) is 19.6 Å². The molecule has 0 saturated carbocycles. The van der Waals surface area contributed by atoms with Crippen molar-refractivity contribution < 1.29 is 9.32 Å². The van der Waals surface area contributed by atoms with E-state index in [1.54, 1.807) is 0 Å². The Bertz CT molecular complexity index is 555. The van der Waals surface area contributed by atoms with Gasteiger partial charge in [0.05, 0.1) is 6.54 Å². The molecule has 1 unspecified atom stereocenters. The standard InChI is InChI=1S/C17H28N4O2/c1-4-9-20-10-5-7-17(16(20)22)8-6-11-21(17)12-14-18-15(13(2)3)19-23-14/h13H,4-12H2,1-3H3. The van der Waals surface area contributed by atoms with Gasteiger partial charge in [-0.15, -0.1) is 0 Å². The zero-order chi connectivity index (χ0) is 16.4. The Balaban J connectivity index is 1.77. The average molecular weight is 320 g/mol. The summed E-state index contributed by atoms with van der Waals surface area (Å²) in [7, 11) is 0. The molecule has 128 valence electrons. The van der Waals surface area contributed by atoms with Crippen LogP contribution in [0.4, 0.5) is 0 Å². The predicted octanol–water partition coefficient (Wildman–Crippen LogP) is 2.56. The first kappa shape index (κ1) is 16.4. The third-order valence-corrected chi connectivity index (χ3v) is 5.15. The monoisotopic (exact) mass is 320 g/mol. The van der Waals surface area contributed by atoms with Gasteiger partial charge in [-0.2, -0.15) is 4.98 Å². The highest BCUT2D eigenvalue weighted by Crippen LogP contribution is 2.39. The van der Waals surface area contributed by atoms with E-state index in [1.165, 1.54) is 0 Å². The normalized spacial score (nSPS) is 25.9. The maximum atomic E-state index is 13.1. The molecular formula is C17H28N4O2. The zero-order valence-corrected chi connectivity index (χ0v) is 14.5. The predicted molar refractivity (Wildman–Crippen MR) is 86.9 cm³/mol. The molecule has 1 aromatic rings. The summed E-state index contributed by atoms with van der Waals surface area (Å²) < 4.78 is 5.40. The molecule has 0 bridgehead atoms. The van der Waals surface area contributed by atoms with Gasteiger partial charge in [-0.25, -0.2) is 0 Å². The minimum atomic E-state index is -0.333. The van der Waals surface area contributed by atoms with Crippen molar-refractivity contribution in [2.24, 2.45) is 0 Å². The Morgan fingerprint density at radius 3 is 2.65 bits per heavy atom. The molecule has 2 aliphatic heterocycles. The van der Waals surface area contributed by atoms with Gasteiger partial charge in [0.2, 0.25) is 11.8 Å². The van der Waals surface area contributed by atoms with Crippen LogP contribution in [-0.2, 0) is 11.3 Å². The summed E-state index contributed by atoms with van der Waals surface area (Å²) in [5.74, 6) is 1.95. The van der Waals surface area contributed by atoms with Gasteiger partial charge in [-0.05, 0) is 38.6 Å². The van der Waals surface area contributed by atoms with Crippen LogP contribution in [0.1, 0.15) is 70.5 Å². The minimum Gasteiger partial charge on any atom is -0.341 e. The number of hydrogen-bond donors (Lipinski definition) is 0. The Labute approximate surface area is 138 Å². The van der Waals surface area contributed by atoms with Gasteiger partial charge in [0.15, 0.2) is 5.82 Å². The fourth-order valence-electron chi connectivity index (χ4n) is 3.97. The average Bonchev–Trinajstić information content (AvgIpc) is 3.13. The van der Waals surface area contributed by atoms with Crippen molar-refractivity contribution >= 4 is 5.91 Å². The summed E-state index contributed by atoms with van der Waals surface area (Å²) in [5, 5.41) is 4.05. The second kappa shape index (κ2) is 6.59. The van der Waals surface area contributed by atoms with Crippen molar-refractivity contribution in [3.8, 4) is 0 Å². The molecule has 3 rings (SSSR count). The molecule has 1 aromatic heterocycles. The number of aromatic nitrogens is 2. The third kappa shape index (κ3) is 3.01. The molecule has 3 heterocycles. The highest BCUT2D eigenvalue weighted by atomic mass is 16.5. The lowest BCUT2D eigenvalue weighted by Crippen LogP contribution is -2.59. The number of likely N-dealkylation sites (tertiary alicyclic amines) is 2. The number of carbonyl (C=O) groups is 1. The first-order chi connectivity index (χ1) is 11.1. The van der Waals surface area contributed by atoms with Gasteiger partial charge in [0.1, 0.15) is 5.54 Å². The van der Waals surface area contributed by atoms with Crippen LogP contribution in [0.2, 0.25) is 0 Å². The fourth-order valence-corrected chi connectivity index (χ4v) is 3.97. The Hall–Kier alpha value is -1.43. The van der Waals surface area contributed by atoms with Crippen LogP contribution in [0.5, 0.6) is 0 Å². The summed E-state index contributed by atoms with van der Waals surface area (Å²) in [6, 6.07) is 0. The number of carbonyl (C=O) groups excluding carboxylic acids is 1. The fraction of sp³-hybridized carbons (Fsp3) is 0.824. The minimum absolute atomic E-state index is 0.261. The number of amides is 1. The van der Waals surface area contributed by atoms with E-state index in [1.807, 2.05) is 0 Å². The molecule has 1 amide bonds. The van der Waals surface area contributed by atoms with Crippen LogP contribution in [0.25, 0.3) is 0 Å². The molecule has 1 atom stereocenters. The van der Waals surface area contributed by atoms with Gasteiger partial charge >= 0.3 is 0 Å². The van der Waals surface area contributed by atoms with Gasteiger partial charge in [-0.3, -0.25) is 9.69 Å². The molecule has 2 saturated heterocycles. The largest absolute Gasteiger partial charge is 0.341 e. The number of hydrogen-bond acceptors (Lipinski definition) is 5. The molecule has 23 heavy (non-hydrogen) atoms. The number of piperidine rings is 1. The molecule has 0 radical (unpaired) electrons. The van der Waals surface area contributed by atoms with E-state index >= 15 is 0 Å². The smallest absolute Gasteiger partial charge is 0.243 e. The summed E-state index contributed by atoms with van der Waals surface area (Å²) in [6.45, 7) is 9.54. The molecule has 1 spiro atoms. The molecule has 0 aromatic carbocycles. The van der Waals surface area contributed by atoms with Crippen LogP contribution in [0.3, 0.4) is 0 Å². The van der Waals surface area contributed by atoms with Crippen LogP contribution in [0, 0.1) is 0 Å². The first-order valence-electron chi connectivity index (χ1n) is 8.93. The Morgan fingerprint density at radius 1 is 1.26 bits per heavy atom. The van der Waals surface area contributed by atoms with E-state index in [-0.39, 0.29) is 11.5 Å². The highest BCUT2D eigenvalue weighted by Gasteiger charge is 2.50. The summed E-state index contributed by atoms with van der Waals surface area (Å²) in [4.78, 5) is 21.9. The van der Waals surface area contributed by atoms with E-state index in [0.717, 1.165) is 57.6 Å². The lowest BCUT2D eigenvalue weighted by molar-refractivity contribution is -0.148. The van der Waals surface area contributed by atoms with Crippen molar-refractivity contribution in [1.29, 1.82) is 0 Å². The van der Waals surface area contributed by atoms with E-state index in [4.69, 9.17) is 4.52 Å². The van der Waals surface area contributed by atoms with Gasteiger partial charge < -0.3 is 9.42 Å². The highest BCUT2D eigenvalue weighted by molar-refractivity contribution is 5.87. The second-order valence-electron chi connectivity index (χ2n) is 7.15. The summed E-state index contributed by atoms with van der Waals surface area (Å²) in [5.41, 5.74) is -0.333. The first-order valence-corrected chi connectivity index (χ1v) is 8.93. The molecule has 6 nitrogen and oxygen atoms in total. The van der Waals surface area contributed by atoms with E-state index < -0.39 is 0 Å². The maximum absolute atomic E-state index is 13.1. The third-order valence-electron chi connectivity index (χ3n) is 5.15. The lowest BCUT2D eigenvalue weighted by Gasteiger charge is -2.44. The second-order valence-corrected chi connectivity index (χ2v) is 7.15. The van der Waals surface area contributed by atoms with Crippen molar-refractivity contribution in [3.05, 3.63) is 11.7 Å². The van der Waals surface area contributed by atoms with Crippen LogP contribution in [-0.4, -0.2) is 51.0 Å². The quantitative estimate of drug-likeness (QED) is 0.834. The lowest BCUT2D eigenvalue weighted by atomic mass is 9.85.